The van der Waals surface area contributed by atoms with Crippen LogP contribution in [0.1, 0.15) is 43.6 Å². The largest absolute Gasteiger partial charge is 0.439 e. The van der Waals surface area contributed by atoms with Crippen LogP contribution in [0.25, 0.3) is 0 Å². The molecular formula is C17H23N3O. The summed E-state index contributed by atoms with van der Waals surface area (Å²) in [5.41, 5.74) is 8.01. The lowest BCUT2D eigenvalue weighted by Crippen LogP contribution is -2.04. The summed E-state index contributed by atoms with van der Waals surface area (Å²) in [5.74, 6) is 2.50. The molecule has 0 spiro atoms. The molecule has 112 valence electrons. The van der Waals surface area contributed by atoms with Gasteiger partial charge in [-0.05, 0) is 37.5 Å². The molecule has 1 aromatic heterocycles. The van der Waals surface area contributed by atoms with Gasteiger partial charge < -0.3 is 10.5 Å². The fourth-order valence-corrected chi connectivity index (χ4v) is 2.03. The Balaban J connectivity index is 2.16. The lowest BCUT2D eigenvalue weighted by atomic mass is 10.1. The SMILES string of the molecule is CCCCc1ccc(Oc2nc(CC)nc(N)c2C)cc1. The normalized spacial score (nSPS) is 10.6. The molecule has 0 atom stereocenters. The number of hydrogen-bond acceptors (Lipinski definition) is 4. The van der Waals surface area contributed by atoms with Crippen LogP contribution >= 0.6 is 0 Å². The van der Waals surface area contributed by atoms with Gasteiger partial charge in [-0.15, -0.1) is 0 Å². The van der Waals surface area contributed by atoms with Crippen LogP contribution in [0.15, 0.2) is 24.3 Å². The predicted molar refractivity (Wildman–Crippen MR) is 85.7 cm³/mol. The standard InChI is InChI=1S/C17H23N3O/c1-4-6-7-13-8-10-14(11-9-13)21-17-12(3)16(18)19-15(5-2)20-17/h8-11H,4-7H2,1-3H3,(H2,18,19,20). The third kappa shape index (κ3) is 3.94. The summed E-state index contributed by atoms with van der Waals surface area (Å²) in [6.07, 6.45) is 4.26. The number of anilines is 1. The molecule has 0 amide bonds. The number of nitrogen functional groups attached to an aromatic ring is 1. The van der Waals surface area contributed by atoms with Gasteiger partial charge in [-0.25, -0.2) is 4.98 Å². The highest BCUT2D eigenvalue weighted by molar-refractivity contribution is 5.46. The van der Waals surface area contributed by atoms with E-state index in [2.05, 4.69) is 29.0 Å². The fraction of sp³-hybridized carbons (Fsp3) is 0.412. The molecule has 0 aliphatic rings. The van der Waals surface area contributed by atoms with E-state index >= 15 is 0 Å². The highest BCUT2D eigenvalue weighted by atomic mass is 16.5. The Bertz CT molecular complexity index is 594. The molecule has 4 heteroatoms. The molecule has 0 radical (unpaired) electrons. The average molecular weight is 285 g/mol. The van der Waals surface area contributed by atoms with Gasteiger partial charge in [0, 0.05) is 6.42 Å². The Kier molecular flexibility index (Phi) is 5.14. The van der Waals surface area contributed by atoms with Gasteiger partial charge in [0.05, 0.1) is 5.56 Å². The van der Waals surface area contributed by atoms with Crippen molar-refractivity contribution in [3.05, 3.63) is 41.2 Å². The zero-order chi connectivity index (χ0) is 15.2. The quantitative estimate of drug-likeness (QED) is 0.869. The van der Waals surface area contributed by atoms with Crippen molar-refractivity contribution in [1.82, 2.24) is 9.97 Å². The Morgan fingerprint density at radius 3 is 2.43 bits per heavy atom. The zero-order valence-corrected chi connectivity index (χ0v) is 13.0. The first-order valence-corrected chi connectivity index (χ1v) is 7.53. The summed E-state index contributed by atoms with van der Waals surface area (Å²) in [5, 5.41) is 0. The van der Waals surface area contributed by atoms with Crippen LogP contribution in [0.3, 0.4) is 0 Å². The Hall–Kier alpha value is -2.10. The summed E-state index contributed by atoms with van der Waals surface area (Å²) in [6.45, 7) is 6.07. The van der Waals surface area contributed by atoms with E-state index in [4.69, 9.17) is 10.5 Å². The van der Waals surface area contributed by atoms with E-state index in [0.717, 1.165) is 24.2 Å². The van der Waals surface area contributed by atoms with E-state index in [1.54, 1.807) is 0 Å². The predicted octanol–water partition coefficient (Wildman–Crippen LogP) is 4.06. The maximum Gasteiger partial charge on any atom is 0.227 e. The number of ether oxygens (including phenoxy) is 1. The van der Waals surface area contributed by atoms with Gasteiger partial charge in [0.25, 0.3) is 0 Å². The number of benzene rings is 1. The number of hydrogen-bond donors (Lipinski definition) is 1. The number of aromatic nitrogens is 2. The maximum absolute atomic E-state index is 5.90. The summed E-state index contributed by atoms with van der Waals surface area (Å²) < 4.78 is 5.86. The number of rotatable bonds is 6. The van der Waals surface area contributed by atoms with Gasteiger partial charge in [0.15, 0.2) is 0 Å². The molecule has 2 N–H and O–H groups in total. The third-order valence-corrected chi connectivity index (χ3v) is 3.46. The number of unbranched alkanes of at least 4 members (excludes halogenated alkanes) is 1. The number of nitrogens with zero attached hydrogens (tertiary/aromatic N) is 2. The van der Waals surface area contributed by atoms with Crippen molar-refractivity contribution in [1.29, 1.82) is 0 Å². The molecule has 21 heavy (non-hydrogen) atoms. The first kappa shape index (κ1) is 15.3. The minimum absolute atomic E-state index is 0.483. The summed E-state index contributed by atoms with van der Waals surface area (Å²) in [6, 6.07) is 8.17. The molecule has 0 saturated heterocycles. The second kappa shape index (κ2) is 7.07. The lowest BCUT2D eigenvalue weighted by molar-refractivity contribution is 0.455. The van der Waals surface area contributed by atoms with Gasteiger partial charge in [0.2, 0.25) is 5.88 Å². The van der Waals surface area contributed by atoms with Crippen molar-refractivity contribution in [2.75, 3.05) is 5.73 Å². The molecular weight excluding hydrogens is 262 g/mol. The monoisotopic (exact) mass is 285 g/mol. The first-order chi connectivity index (χ1) is 10.1. The fourth-order valence-electron chi connectivity index (χ4n) is 2.03. The van der Waals surface area contributed by atoms with E-state index < -0.39 is 0 Å². The number of aryl methyl sites for hydroxylation is 2. The van der Waals surface area contributed by atoms with E-state index in [0.29, 0.717) is 17.5 Å². The van der Waals surface area contributed by atoms with Crippen molar-refractivity contribution < 1.29 is 4.74 Å². The summed E-state index contributed by atoms with van der Waals surface area (Å²) >= 11 is 0. The second-order valence-electron chi connectivity index (χ2n) is 5.16. The maximum atomic E-state index is 5.90. The van der Waals surface area contributed by atoms with Gasteiger partial charge in [-0.1, -0.05) is 32.4 Å². The topological polar surface area (TPSA) is 61.0 Å². The van der Waals surface area contributed by atoms with Gasteiger partial charge in [-0.3, -0.25) is 0 Å². The molecule has 0 saturated carbocycles. The van der Waals surface area contributed by atoms with Crippen molar-refractivity contribution in [2.45, 2.75) is 46.5 Å². The highest BCUT2D eigenvalue weighted by Gasteiger charge is 2.10. The van der Waals surface area contributed by atoms with Crippen LogP contribution in [0.4, 0.5) is 5.82 Å². The average Bonchev–Trinajstić information content (AvgIpc) is 2.50. The lowest BCUT2D eigenvalue weighted by Gasteiger charge is -2.11. The molecule has 1 aromatic carbocycles. The van der Waals surface area contributed by atoms with Crippen LogP contribution in [0.2, 0.25) is 0 Å². The van der Waals surface area contributed by atoms with Crippen LogP contribution in [0, 0.1) is 6.92 Å². The van der Waals surface area contributed by atoms with Gasteiger partial charge in [-0.2, -0.15) is 4.98 Å². The van der Waals surface area contributed by atoms with Gasteiger partial charge in [0.1, 0.15) is 17.4 Å². The van der Waals surface area contributed by atoms with Crippen LogP contribution in [-0.4, -0.2) is 9.97 Å². The molecule has 0 fully saturated rings. The molecule has 0 aliphatic heterocycles. The van der Waals surface area contributed by atoms with Crippen LogP contribution in [0.5, 0.6) is 11.6 Å². The smallest absolute Gasteiger partial charge is 0.227 e. The Labute approximate surface area is 126 Å². The summed E-state index contributed by atoms with van der Waals surface area (Å²) in [4.78, 5) is 8.63. The third-order valence-electron chi connectivity index (χ3n) is 3.46. The zero-order valence-electron chi connectivity index (χ0n) is 13.0. The van der Waals surface area contributed by atoms with Crippen molar-refractivity contribution >= 4 is 5.82 Å². The summed E-state index contributed by atoms with van der Waals surface area (Å²) in [7, 11) is 0. The van der Waals surface area contributed by atoms with Crippen molar-refractivity contribution in [3.63, 3.8) is 0 Å². The van der Waals surface area contributed by atoms with Crippen LogP contribution < -0.4 is 10.5 Å². The minimum Gasteiger partial charge on any atom is -0.439 e. The van der Waals surface area contributed by atoms with Gasteiger partial charge >= 0.3 is 0 Å². The molecule has 0 aliphatic carbocycles. The Morgan fingerprint density at radius 1 is 1.10 bits per heavy atom. The number of nitrogens with two attached hydrogens (primary N) is 1. The van der Waals surface area contributed by atoms with E-state index in [-0.39, 0.29) is 0 Å². The molecule has 1 heterocycles. The molecule has 0 unspecified atom stereocenters. The van der Waals surface area contributed by atoms with E-state index in [9.17, 15) is 0 Å². The van der Waals surface area contributed by atoms with Crippen molar-refractivity contribution in [3.8, 4) is 11.6 Å². The van der Waals surface area contributed by atoms with E-state index in [1.807, 2.05) is 26.0 Å². The first-order valence-electron chi connectivity index (χ1n) is 7.53. The highest BCUT2D eigenvalue weighted by Crippen LogP contribution is 2.26. The molecule has 2 rings (SSSR count). The second-order valence-corrected chi connectivity index (χ2v) is 5.16. The van der Waals surface area contributed by atoms with E-state index in [1.165, 1.54) is 18.4 Å². The molecule has 0 bridgehead atoms. The van der Waals surface area contributed by atoms with Crippen LogP contribution in [-0.2, 0) is 12.8 Å². The minimum atomic E-state index is 0.483. The molecule has 4 nitrogen and oxygen atoms in total. The molecule has 2 aromatic rings. The Morgan fingerprint density at radius 2 is 1.81 bits per heavy atom. The van der Waals surface area contributed by atoms with Crippen molar-refractivity contribution in [2.24, 2.45) is 0 Å².